The average molecular weight is 395 g/mol. The number of carbonyl (C=O) groups is 1. The molecule has 27 heavy (non-hydrogen) atoms. The fourth-order valence-corrected chi connectivity index (χ4v) is 3.53. The lowest BCUT2D eigenvalue weighted by Crippen LogP contribution is -2.47. The molecule has 0 aromatic heterocycles. The Kier molecular flexibility index (Phi) is 6.26. The fraction of sp³-hybridized carbons (Fsp3) is 0.556. The number of fused-ring (bicyclic) bond motifs is 1. The Labute approximate surface area is 162 Å². The first kappa shape index (κ1) is 19.5. The Morgan fingerprint density at radius 3 is 2.89 bits per heavy atom. The summed E-state index contributed by atoms with van der Waals surface area (Å²) in [6, 6.07) is 3.57. The van der Waals surface area contributed by atoms with Crippen LogP contribution in [0, 0.1) is 17.2 Å². The SMILES string of the molecule is N#CCN1CC[C@@H](CNC(=O)c2cc(N)c(Cl)c3c2OCCCO3)C(O)C1. The van der Waals surface area contributed by atoms with E-state index in [2.05, 4.69) is 11.4 Å². The number of piperidine rings is 1. The molecule has 0 bridgehead atoms. The van der Waals surface area contributed by atoms with Crippen molar-refractivity contribution in [2.24, 2.45) is 5.92 Å². The summed E-state index contributed by atoms with van der Waals surface area (Å²) in [5.74, 6) is 0.161. The molecule has 2 heterocycles. The molecule has 8 nitrogen and oxygen atoms in total. The Bertz CT molecular complexity index is 752. The van der Waals surface area contributed by atoms with E-state index in [4.69, 9.17) is 32.1 Å². The molecule has 9 heteroatoms. The molecule has 2 atom stereocenters. The molecule has 0 radical (unpaired) electrons. The number of β-amino-alcohol motifs (C(OH)–C–C–N with tert-alkyl or cyclic N) is 1. The van der Waals surface area contributed by atoms with Crippen LogP contribution in [0.4, 0.5) is 5.69 Å². The summed E-state index contributed by atoms with van der Waals surface area (Å²) in [7, 11) is 0. The van der Waals surface area contributed by atoms with E-state index in [1.54, 1.807) is 0 Å². The zero-order chi connectivity index (χ0) is 19.4. The van der Waals surface area contributed by atoms with Crippen LogP contribution >= 0.6 is 11.6 Å². The van der Waals surface area contributed by atoms with E-state index in [1.807, 2.05) is 4.90 Å². The molecule has 2 aliphatic heterocycles. The third-order valence-electron chi connectivity index (χ3n) is 4.85. The topological polar surface area (TPSA) is 121 Å². The van der Waals surface area contributed by atoms with E-state index in [1.165, 1.54) is 6.07 Å². The summed E-state index contributed by atoms with van der Waals surface area (Å²) in [6.45, 7) is 2.61. The van der Waals surface area contributed by atoms with Crippen molar-refractivity contribution < 1.29 is 19.4 Å². The number of rotatable bonds is 4. The molecule has 146 valence electrons. The molecule has 1 aromatic rings. The Hall–Kier alpha value is -2.21. The number of hydrogen-bond acceptors (Lipinski definition) is 7. The third kappa shape index (κ3) is 4.38. The summed E-state index contributed by atoms with van der Waals surface area (Å²) < 4.78 is 11.3. The zero-order valence-corrected chi connectivity index (χ0v) is 15.7. The van der Waals surface area contributed by atoms with Crippen LogP contribution in [-0.2, 0) is 0 Å². The number of ether oxygens (including phenoxy) is 2. The second kappa shape index (κ2) is 8.65. The number of aliphatic hydroxyl groups is 1. The lowest BCUT2D eigenvalue weighted by Gasteiger charge is -2.34. The highest BCUT2D eigenvalue weighted by Crippen LogP contribution is 2.43. The van der Waals surface area contributed by atoms with Crippen molar-refractivity contribution in [1.82, 2.24) is 10.2 Å². The molecule has 2 aliphatic rings. The van der Waals surface area contributed by atoms with Crippen LogP contribution in [0.5, 0.6) is 11.5 Å². The van der Waals surface area contributed by atoms with Gasteiger partial charge in [-0.25, -0.2) is 0 Å². The van der Waals surface area contributed by atoms with Crippen molar-refractivity contribution in [3.8, 4) is 17.6 Å². The summed E-state index contributed by atoms with van der Waals surface area (Å²) in [5, 5.41) is 22.1. The first-order valence-electron chi connectivity index (χ1n) is 8.94. The first-order valence-corrected chi connectivity index (χ1v) is 9.32. The largest absolute Gasteiger partial charge is 0.489 e. The predicted molar refractivity (Wildman–Crippen MR) is 100.0 cm³/mol. The Morgan fingerprint density at radius 1 is 1.44 bits per heavy atom. The Balaban J connectivity index is 1.68. The van der Waals surface area contributed by atoms with Gasteiger partial charge in [0.05, 0.1) is 43.2 Å². The highest BCUT2D eigenvalue weighted by atomic mass is 35.5. The molecule has 1 unspecified atom stereocenters. The maximum Gasteiger partial charge on any atom is 0.255 e. The van der Waals surface area contributed by atoms with Gasteiger partial charge in [0.2, 0.25) is 0 Å². The minimum absolute atomic E-state index is 0.0793. The second-order valence-electron chi connectivity index (χ2n) is 6.76. The molecular weight excluding hydrogens is 372 g/mol. The molecule has 3 rings (SSSR count). The number of anilines is 1. The number of aliphatic hydroxyl groups excluding tert-OH is 1. The third-order valence-corrected chi connectivity index (χ3v) is 5.24. The highest BCUT2D eigenvalue weighted by molar-refractivity contribution is 6.35. The number of carbonyl (C=O) groups excluding carboxylic acids is 1. The van der Waals surface area contributed by atoms with Gasteiger partial charge in [-0.1, -0.05) is 11.6 Å². The summed E-state index contributed by atoms with van der Waals surface area (Å²) in [5.41, 5.74) is 6.43. The minimum Gasteiger partial charge on any atom is -0.489 e. The van der Waals surface area contributed by atoms with E-state index in [9.17, 15) is 9.90 Å². The van der Waals surface area contributed by atoms with Crippen molar-refractivity contribution >= 4 is 23.2 Å². The monoisotopic (exact) mass is 394 g/mol. The first-order chi connectivity index (χ1) is 13.0. The zero-order valence-electron chi connectivity index (χ0n) is 14.9. The average Bonchev–Trinajstić information content (AvgIpc) is 2.90. The van der Waals surface area contributed by atoms with Crippen molar-refractivity contribution in [1.29, 1.82) is 5.26 Å². The van der Waals surface area contributed by atoms with Crippen LogP contribution in [0.3, 0.4) is 0 Å². The molecule has 0 aliphatic carbocycles. The molecule has 1 aromatic carbocycles. The van der Waals surface area contributed by atoms with Gasteiger partial charge in [0.1, 0.15) is 5.02 Å². The van der Waals surface area contributed by atoms with Gasteiger partial charge < -0.3 is 25.6 Å². The lowest BCUT2D eigenvalue weighted by molar-refractivity contribution is 0.0273. The number of nitriles is 1. The number of amides is 1. The van der Waals surface area contributed by atoms with E-state index in [-0.39, 0.29) is 28.1 Å². The smallest absolute Gasteiger partial charge is 0.255 e. The summed E-state index contributed by atoms with van der Waals surface area (Å²) >= 11 is 6.20. The van der Waals surface area contributed by atoms with Gasteiger partial charge in [-0.2, -0.15) is 5.26 Å². The van der Waals surface area contributed by atoms with Gasteiger partial charge in [-0.3, -0.25) is 9.69 Å². The maximum atomic E-state index is 12.7. The van der Waals surface area contributed by atoms with Crippen molar-refractivity contribution in [3.05, 3.63) is 16.7 Å². The number of halogens is 1. The van der Waals surface area contributed by atoms with Crippen LogP contribution in [0.2, 0.25) is 5.02 Å². The van der Waals surface area contributed by atoms with Crippen LogP contribution < -0.4 is 20.5 Å². The predicted octanol–water partition coefficient (Wildman–Crippen LogP) is 1.02. The highest BCUT2D eigenvalue weighted by Gasteiger charge is 2.29. The number of nitrogens with one attached hydrogen (secondary N) is 1. The number of likely N-dealkylation sites (tertiary alicyclic amines) is 1. The standard InChI is InChI=1S/C18H23ClN4O4/c19-15-13(21)8-12(16-17(15)27-7-1-6-26-16)18(25)22-9-11-2-4-23(5-3-20)10-14(11)24/h8,11,14,24H,1-2,4-7,9-10,21H2,(H,22,25)/t11-,14?/m0/s1. The van der Waals surface area contributed by atoms with Gasteiger partial charge in [0.25, 0.3) is 5.91 Å². The van der Waals surface area contributed by atoms with Gasteiger partial charge in [0.15, 0.2) is 11.5 Å². The molecule has 1 amide bonds. The lowest BCUT2D eigenvalue weighted by atomic mass is 9.93. The summed E-state index contributed by atoms with van der Waals surface area (Å²) in [6.07, 6.45) is 0.780. The van der Waals surface area contributed by atoms with Crippen molar-refractivity contribution in [2.45, 2.75) is 18.9 Å². The molecule has 0 saturated carbocycles. The molecule has 4 N–H and O–H groups in total. The van der Waals surface area contributed by atoms with E-state index >= 15 is 0 Å². The normalized spacial score (nSPS) is 22.6. The van der Waals surface area contributed by atoms with Gasteiger partial charge in [-0.15, -0.1) is 0 Å². The van der Waals surface area contributed by atoms with Crippen molar-refractivity contribution in [2.75, 3.05) is 45.1 Å². The quantitative estimate of drug-likeness (QED) is 0.515. The van der Waals surface area contributed by atoms with Crippen LogP contribution in [0.1, 0.15) is 23.2 Å². The Morgan fingerprint density at radius 2 is 2.19 bits per heavy atom. The molecule has 0 spiro atoms. The molecule has 1 fully saturated rings. The maximum absolute atomic E-state index is 12.7. The van der Waals surface area contributed by atoms with Gasteiger partial charge in [0, 0.05) is 25.4 Å². The van der Waals surface area contributed by atoms with Crippen LogP contribution in [0.25, 0.3) is 0 Å². The second-order valence-corrected chi connectivity index (χ2v) is 7.13. The number of nitrogen functional groups attached to an aromatic ring is 1. The number of nitrogens with two attached hydrogens (primary N) is 1. The van der Waals surface area contributed by atoms with Gasteiger partial charge in [-0.05, 0) is 19.0 Å². The fourth-order valence-electron chi connectivity index (χ4n) is 3.33. The van der Waals surface area contributed by atoms with E-state index in [0.717, 1.165) is 0 Å². The number of nitrogens with zero attached hydrogens (tertiary/aromatic N) is 2. The summed E-state index contributed by atoms with van der Waals surface area (Å²) in [4.78, 5) is 14.6. The van der Waals surface area contributed by atoms with Crippen molar-refractivity contribution in [3.63, 3.8) is 0 Å². The van der Waals surface area contributed by atoms with E-state index < -0.39 is 6.10 Å². The van der Waals surface area contributed by atoms with E-state index in [0.29, 0.717) is 63.7 Å². The minimum atomic E-state index is -0.598. The number of benzene rings is 1. The van der Waals surface area contributed by atoms with Crippen LogP contribution in [0.15, 0.2) is 6.07 Å². The van der Waals surface area contributed by atoms with Gasteiger partial charge >= 0.3 is 0 Å². The molecule has 1 saturated heterocycles. The number of hydrogen-bond donors (Lipinski definition) is 3. The van der Waals surface area contributed by atoms with Crippen LogP contribution in [-0.4, -0.2) is 61.4 Å². The molecular formula is C18H23ClN4O4.